The topological polar surface area (TPSA) is 53.4 Å². The van der Waals surface area contributed by atoms with Crippen LogP contribution in [0.5, 0.6) is 0 Å². The Hall–Kier alpha value is -2.35. The molecule has 143 valence electrons. The number of aliphatic imine (C=N–C) groups is 1. The molecule has 0 aliphatic carbocycles. The summed E-state index contributed by atoms with van der Waals surface area (Å²) in [5.74, 6) is 0. The van der Waals surface area contributed by atoms with Crippen LogP contribution in [0.2, 0.25) is 0 Å². The van der Waals surface area contributed by atoms with Gasteiger partial charge in [-0.25, -0.2) is 0 Å². The van der Waals surface area contributed by atoms with E-state index in [4.69, 9.17) is 4.99 Å². The third kappa shape index (κ3) is 3.41. The van der Waals surface area contributed by atoms with E-state index in [-0.39, 0.29) is 20.4 Å². The largest absolute Gasteiger partial charge is 0.429 e. The fourth-order valence-electron chi connectivity index (χ4n) is 3.71. The minimum absolute atomic E-state index is 0. The molecule has 0 saturated carbocycles. The van der Waals surface area contributed by atoms with Gasteiger partial charge in [-0.05, 0) is 67.1 Å². The van der Waals surface area contributed by atoms with Crippen molar-refractivity contribution in [2.45, 2.75) is 34.2 Å². The number of rotatable bonds is 1. The normalized spacial score (nSPS) is 13.2. The van der Waals surface area contributed by atoms with Crippen LogP contribution in [-0.4, -0.2) is 22.7 Å². The zero-order valence-electron chi connectivity index (χ0n) is 16.8. The Labute approximate surface area is 179 Å². The first kappa shape index (κ1) is 20.4. The van der Waals surface area contributed by atoms with Gasteiger partial charge in [0.15, 0.2) is 0 Å². The average molecular weight is 542 g/mol. The molecule has 0 atom stereocenters. The van der Waals surface area contributed by atoms with Gasteiger partial charge in [0.05, 0.1) is 5.71 Å². The molecule has 1 aromatic heterocycles. The van der Waals surface area contributed by atoms with E-state index in [1.54, 1.807) is 7.05 Å². The van der Waals surface area contributed by atoms with Gasteiger partial charge in [0.25, 0.3) is 0 Å². The second kappa shape index (κ2) is 7.95. The zero-order valence-corrected chi connectivity index (χ0v) is 19.5. The van der Waals surface area contributed by atoms with Crippen molar-refractivity contribution in [1.29, 1.82) is 0 Å². The Morgan fingerprint density at radius 1 is 0.964 bits per heavy atom. The summed E-state index contributed by atoms with van der Waals surface area (Å²) in [6.45, 7) is 9.14. The third-order valence-electron chi connectivity index (χ3n) is 5.32. The van der Waals surface area contributed by atoms with Crippen LogP contribution in [0.3, 0.4) is 0 Å². The summed E-state index contributed by atoms with van der Waals surface area (Å²) < 4.78 is 0. The van der Waals surface area contributed by atoms with Crippen molar-refractivity contribution in [3.05, 3.63) is 81.1 Å². The zero-order chi connectivity index (χ0) is 19.1. The average Bonchev–Trinajstić information content (AvgIpc) is 2.79. The Balaban J connectivity index is 0.00000225. The molecule has 1 aliphatic heterocycles. The van der Waals surface area contributed by atoms with Crippen LogP contribution in [0.4, 0.5) is 0 Å². The standard InChI is InChI=1S/C23H23N4.Re/c1-13-7-6-8-14(2)20(13)22-19-10-16(4)15(3)9-18(19)21-17(11-25-22)12-26-23(24-5)27-21;/h6-10H,11H2,1-5H3,(H,24,26,27);/q-1;. The molecule has 1 N–H and O–H groups in total. The van der Waals surface area contributed by atoms with Gasteiger partial charge in [-0.15, -0.1) is 0 Å². The number of nitrogens with one attached hydrogen (secondary N) is 1. The predicted octanol–water partition coefficient (Wildman–Crippen LogP) is 3.99. The van der Waals surface area contributed by atoms with Crippen LogP contribution < -0.4 is 5.62 Å². The predicted molar refractivity (Wildman–Crippen MR) is 109 cm³/mol. The van der Waals surface area contributed by atoms with E-state index in [1.807, 2.05) is 0 Å². The number of nitrogens with zero attached hydrogens (tertiary/aromatic N) is 3. The minimum atomic E-state index is 0. The molecule has 28 heavy (non-hydrogen) atoms. The summed E-state index contributed by atoms with van der Waals surface area (Å²) in [6.07, 6.45) is 3.14. The van der Waals surface area contributed by atoms with Crippen molar-refractivity contribution >= 4 is 5.71 Å². The van der Waals surface area contributed by atoms with Gasteiger partial charge in [0, 0.05) is 39.6 Å². The Bertz CT molecular complexity index is 1140. The minimum Gasteiger partial charge on any atom is -0.429 e. The Morgan fingerprint density at radius 3 is 2.25 bits per heavy atom. The van der Waals surface area contributed by atoms with Crippen LogP contribution in [0.1, 0.15) is 38.9 Å². The molecule has 3 aromatic rings. The van der Waals surface area contributed by atoms with E-state index in [0.29, 0.717) is 12.2 Å². The van der Waals surface area contributed by atoms with Crippen molar-refractivity contribution in [2.75, 3.05) is 7.05 Å². The van der Waals surface area contributed by atoms with Gasteiger partial charge in [0.2, 0.25) is 0 Å². The van der Waals surface area contributed by atoms with E-state index in [0.717, 1.165) is 28.1 Å². The van der Waals surface area contributed by atoms with Gasteiger partial charge < -0.3 is 15.0 Å². The Morgan fingerprint density at radius 2 is 1.61 bits per heavy atom. The smallest absolute Gasteiger partial charge is 0.107 e. The van der Waals surface area contributed by atoms with Crippen molar-refractivity contribution in [3.63, 3.8) is 0 Å². The number of fused-ring (bicyclic) bond motifs is 3. The maximum absolute atomic E-state index is 5.02. The molecule has 1 radical (unpaired) electrons. The van der Waals surface area contributed by atoms with Gasteiger partial charge >= 0.3 is 0 Å². The van der Waals surface area contributed by atoms with E-state index in [9.17, 15) is 0 Å². The fraction of sp³-hybridized carbons (Fsp3) is 0.261. The van der Waals surface area contributed by atoms with Gasteiger partial charge in [-0.3, -0.25) is 4.99 Å². The number of aryl methyl sites for hydroxylation is 4. The van der Waals surface area contributed by atoms with Crippen LogP contribution in [-0.2, 0) is 27.0 Å². The summed E-state index contributed by atoms with van der Waals surface area (Å²) >= 11 is 0. The second-order valence-electron chi connectivity index (χ2n) is 7.16. The summed E-state index contributed by atoms with van der Waals surface area (Å²) in [5.41, 5.74) is 12.1. The van der Waals surface area contributed by atoms with Crippen LogP contribution >= 0.6 is 0 Å². The Kier molecular flexibility index (Phi) is 5.79. The van der Waals surface area contributed by atoms with Crippen LogP contribution in [0.25, 0.3) is 11.3 Å². The van der Waals surface area contributed by atoms with Crippen molar-refractivity contribution in [3.8, 4) is 11.3 Å². The molecule has 2 aromatic carbocycles. The van der Waals surface area contributed by atoms with Gasteiger partial charge in [0.1, 0.15) is 5.62 Å². The summed E-state index contributed by atoms with van der Waals surface area (Å²) in [7, 11) is 1.73. The van der Waals surface area contributed by atoms with Crippen molar-refractivity contribution in [1.82, 2.24) is 9.97 Å². The second-order valence-corrected chi connectivity index (χ2v) is 7.16. The molecule has 0 unspecified atom stereocenters. The van der Waals surface area contributed by atoms with Gasteiger partial charge in [-0.2, -0.15) is 0 Å². The molecule has 0 amide bonds. The fourth-order valence-corrected chi connectivity index (χ4v) is 3.71. The molecule has 1 aliphatic rings. The number of hydrogen-bond acceptors (Lipinski definition) is 3. The molecular formula is C23H23N4Re-. The van der Waals surface area contributed by atoms with Crippen LogP contribution in [0.15, 0.2) is 40.3 Å². The molecular weight excluding hydrogens is 518 g/mol. The number of aromatic amines is 1. The molecule has 0 spiro atoms. The first-order valence-electron chi connectivity index (χ1n) is 9.16. The van der Waals surface area contributed by atoms with Crippen LogP contribution in [0, 0.1) is 33.9 Å². The quantitative estimate of drug-likeness (QED) is 0.466. The molecule has 4 rings (SSSR count). The molecule has 0 bridgehead atoms. The molecule has 0 saturated heterocycles. The molecule has 2 heterocycles. The molecule has 4 nitrogen and oxygen atoms in total. The van der Waals surface area contributed by atoms with Crippen molar-refractivity contribution in [2.24, 2.45) is 9.98 Å². The summed E-state index contributed by atoms with van der Waals surface area (Å²) in [6, 6.07) is 10.9. The maximum atomic E-state index is 5.02. The molecule has 0 fully saturated rings. The molecule has 5 heteroatoms. The van der Waals surface area contributed by atoms with E-state index in [1.165, 1.54) is 27.8 Å². The monoisotopic (exact) mass is 542 g/mol. The third-order valence-corrected chi connectivity index (χ3v) is 5.32. The number of benzene rings is 2. The van der Waals surface area contributed by atoms with Gasteiger partial charge in [-0.1, -0.05) is 41.7 Å². The maximum Gasteiger partial charge on any atom is 0.107 e. The summed E-state index contributed by atoms with van der Waals surface area (Å²) in [4.78, 5) is 16.9. The first-order chi connectivity index (χ1) is 13.0. The van der Waals surface area contributed by atoms with Crippen molar-refractivity contribution < 1.29 is 20.4 Å². The summed E-state index contributed by atoms with van der Waals surface area (Å²) in [5, 5.41) is 0. The first-order valence-corrected chi connectivity index (χ1v) is 9.16. The van der Waals surface area contributed by atoms with E-state index < -0.39 is 0 Å². The SMILES string of the molecule is CN=c1n[c-]c2c([nH]1)-c1cc(C)c(C)cc1C(c1c(C)cccc1C)=NC2.[Re]. The van der Waals surface area contributed by atoms with E-state index >= 15 is 0 Å². The number of hydrogen-bond donors (Lipinski definition) is 1. The number of H-pyrrole nitrogens is 1. The van der Waals surface area contributed by atoms with E-state index in [2.05, 4.69) is 79.2 Å². The number of aromatic nitrogens is 2.